The first-order valence-corrected chi connectivity index (χ1v) is 10.4. The number of benzene rings is 1. The third-order valence-electron chi connectivity index (χ3n) is 3.96. The summed E-state index contributed by atoms with van der Waals surface area (Å²) in [5, 5.41) is 3.23. The van der Waals surface area contributed by atoms with Crippen LogP contribution in [0, 0.1) is 0 Å². The van der Waals surface area contributed by atoms with Gasteiger partial charge in [-0.05, 0) is 44.5 Å². The summed E-state index contributed by atoms with van der Waals surface area (Å²) in [7, 11) is -4.64. The normalized spacial score (nSPS) is 22.2. The molecule has 0 radical (unpaired) electrons. The molecule has 0 aromatic heterocycles. The molecule has 10 heteroatoms. The Bertz CT molecular complexity index is 766. The highest BCUT2D eigenvalue weighted by atomic mass is 35.5. The second-order valence-corrected chi connectivity index (χ2v) is 9.74. The van der Waals surface area contributed by atoms with Crippen LogP contribution in [0.4, 0.5) is 0 Å². The summed E-state index contributed by atoms with van der Waals surface area (Å²) in [5.41, 5.74) is 0. The van der Waals surface area contributed by atoms with Gasteiger partial charge < -0.3 is 5.32 Å². The van der Waals surface area contributed by atoms with Crippen LogP contribution in [0.5, 0.6) is 0 Å². The Labute approximate surface area is 150 Å². The van der Waals surface area contributed by atoms with E-state index in [9.17, 15) is 16.8 Å². The summed E-state index contributed by atoms with van der Waals surface area (Å²) in [5.74, 6) is 0. The zero-order valence-corrected chi connectivity index (χ0v) is 16.3. The van der Waals surface area contributed by atoms with Crippen molar-refractivity contribution in [1.82, 2.24) is 14.3 Å². The van der Waals surface area contributed by atoms with Gasteiger partial charge in [-0.25, -0.2) is 25.9 Å². The number of rotatable bonds is 5. The fourth-order valence-electron chi connectivity index (χ4n) is 2.48. The van der Waals surface area contributed by atoms with Gasteiger partial charge in [0.1, 0.15) is 0 Å². The molecule has 2 atom stereocenters. The number of hydrogen-bond donors (Lipinski definition) is 2. The molecule has 7 nitrogen and oxygen atoms in total. The summed E-state index contributed by atoms with van der Waals surface area (Å²) < 4.78 is 53.1. The van der Waals surface area contributed by atoms with E-state index < -0.39 is 20.0 Å². The van der Waals surface area contributed by atoms with Crippen molar-refractivity contribution in [3.05, 3.63) is 24.3 Å². The van der Waals surface area contributed by atoms with Crippen LogP contribution in [0.1, 0.15) is 19.8 Å². The first-order chi connectivity index (χ1) is 10.6. The van der Waals surface area contributed by atoms with E-state index in [1.165, 1.54) is 38.4 Å². The van der Waals surface area contributed by atoms with Crippen molar-refractivity contribution in [2.45, 2.75) is 41.6 Å². The van der Waals surface area contributed by atoms with E-state index in [2.05, 4.69) is 10.0 Å². The maximum Gasteiger partial charge on any atom is 0.242 e. The summed E-state index contributed by atoms with van der Waals surface area (Å²) in [6.45, 7) is 2.80. The van der Waals surface area contributed by atoms with Crippen LogP contribution in [0.2, 0.25) is 0 Å². The van der Waals surface area contributed by atoms with E-state index in [4.69, 9.17) is 0 Å². The number of halogens is 1. The Kier molecular flexibility index (Phi) is 7.21. The lowest BCUT2D eigenvalue weighted by molar-refractivity contribution is 0.349. The first-order valence-electron chi connectivity index (χ1n) is 7.43. The van der Waals surface area contributed by atoms with Crippen molar-refractivity contribution in [3.63, 3.8) is 0 Å². The van der Waals surface area contributed by atoms with E-state index in [1.807, 2.05) is 6.92 Å². The Morgan fingerprint density at radius 1 is 1.17 bits per heavy atom. The third kappa shape index (κ3) is 4.68. The zero-order valence-electron chi connectivity index (χ0n) is 13.9. The van der Waals surface area contributed by atoms with Crippen LogP contribution >= 0.6 is 12.4 Å². The standard InChI is InChI=1S/C14H23N3O4S2.ClH/c1-11-14(8-5-9-15-11)16-22(18,19)12-6-4-7-13(10-12)23(20,21)17(2)3;/h4,6-7,10-11,14-16H,5,8-9H2,1-3H3;1H. The van der Waals surface area contributed by atoms with E-state index in [0.29, 0.717) is 0 Å². The van der Waals surface area contributed by atoms with Gasteiger partial charge in [-0.1, -0.05) is 6.07 Å². The highest BCUT2D eigenvalue weighted by molar-refractivity contribution is 7.90. The van der Waals surface area contributed by atoms with Gasteiger partial charge in [0.2, 0.25) is 20.0 Å². The van der Waals surface area contributed by atoms with Gasteiger partial charge in [0.05, 0.1) is 9.79 Å². The monoisotopic (exact) mass is 397 g/mol. The van der Waals surface area contributed by atoms with Gasteiger partial charge in [-0.2, -0.15) is 0 Å². The number of hydrogen-bond acceptors (Lipinski definition) is 5. The quantitative estimate of drug-likeness (QED) is 0.765. The van der Waals surface area contributed by atoms with E-state index >= 15 is 0 Å². The van der Waals surface area contributed by atoms with Gasteiger partial charge >= 0.3 is 0 Å². The molecule has 2 rings (SSSR count). The van der Waals surface area contributed by atoms with Crippen molar-refractivity contribution in [2.24, 2.45) is 0 Å². The average Bonchev–Trinajstić information content (AvgIpc) is 2.49. The lowest BCUT2D eigenvalue weighted by atomic mass is 10.0. The molecule has 138 valence electrons. The predicted molar refractivity (Wildman–Crippen MR) is 95.4 cm³/mol. The lowest BCUT2D eigenvalue weighted by Gasteiger charge is -2.30. The average molecular weight is 398 g/mol. The fourth-order valence-corrected chi connectivity index (χ4v) is 4.90. The van der Waals surface area contributed by atoms with Crippen molar-refractivity contribution in [1.29, 1.82) is 0 Å². The fraction of sp³-hybridized carbons (Fsp3) is 0.571. The molecule has 1 aliphatic rings. The molecule has 0 amide bonds. The molecule has 1 aliphatic heterocycles. The minimum Gasteiger partial charge on any atom is -0.313 e. The maximum atomic E-state index is 12.5. The minimum absolute atomic E-state index is 0. The van der Waals surface area contributed by atoms with Crippen LogP contribution in [-0.2, 0) is 20.0 Å². The molecule has 2 unspecified atom stereocenters. The van der Waals surface area contributed by atoms with Crippen molar-refractivity contribution < 1.29 is 16.8 Å². The molecule has 1 fully saturated rings. The first kappa shape index (κ1) is 21.3. The Hall–Kier alpha value is -0.710. The molecule has 1 aromatic carbocycles. The van der Waals surface area contributed by atoms with Gasteiger partial charge in [-0.3, -0.25) is 0 Å². The molecule has 0 aliphatic carbocycles. The Balaban J connectivity index is 0.00000288. The molecule has 0 spiro atoms. The Morgan fingerprint density at radius 3 is 2.38 bits per heavy atom. The van der Waals surface area contributed by atoms with Crippen LogP contribution in [0.3, 0.4) is 0 Å². The van der Waals surface area contributed by atoms with E-state index in [0.717, 1.165) is 23.7 Å². The molecule has 1 saturated heterocycles. The number of nitrogens with one attached hydrogen (secondary N) is 2. The SMILES string of the molecule is CC1NCCCC1NS(=O)(=O)c1cccc(S(=O)(=O)N(C)C)c1.Cl. The molecule has 1 aromatic rings. The summed E-state index contributed by atoms with van der Waals surface area (Å²) in [4.78, 5) is -0.0848. The van der Waals surface area contributed by atoms with Crippen molar-refractivity contribution in [3.8, 4) is 0 Å². The second kappa shape index (κ2) is 8.11. The third-order valence-corrected chi connectivity index (χ3v) is 7.26. The number of nitrogens with zero attached hydrogens (tertiary/aromatic N) is 1. The lowest BCUT2D eigenvalue weighted by Crippen LogP contribution is -2.51. The number of piperidine rings is 1. The van der Waals surface area contributed by atoms with Gasteiger partial charge in [0.25, 0.3) is 0 Å². The Morgan fingerprint density at radius 2 is 1.79 bits per heavy atom. The smallest absolute Gasteiger partial charge is 0.242 e. The van der Waals surface area contributed by atoms with Crippen LogP contribution in [0.15, 0.2) is 34.1 Å². The second-order valence-electron chi connectivity index (χ2n) is 5.88. The number of sulfonamides is 2. The highest BCUT2D eigenvalue weighted by Gasteiger charge is 2.27. The van der Waals surface area contributed by atoms with Gasteiger partial charge in [0, 0.05) is 26.2 Å². The van der Waals surface area contributed by atoms with Crippen molar-refractivity contribution >= 4 is 32.5 Å². The molecule has 2 N–H and O–H groups in total. The molecule has 0 bridgehead atoms. The predicted octanol–water partition coefficient (Wildman–Crippen LogP) is 0.777. The van der Waals surface area contributed by atoms with Gasteiger partial charge in [0.15, 0.2) is 0 Å². The molecular weight excluding hydrogens is 374 g/mol. The largest absolute Gasteiger partial charge is 0.313 e. The molecule has 24 heavy (non-hydrogen) atoms. The van der Waals surface area contributed by atoms with Crippen molar-refractivity contribution in [2.75, 3.05) is 20.6 Å². The minimum atomic E-state index is -3.77. The molecule has 1 heterocycles. The summed E-state index contributed by atoms with van der Waals surface area (Å²) >= 11 is 0. The topological polar surface area (TPSA) is 95.6 Å². The molecule has 0 saturated carbocycles. The van der Waals surface area contributed by atoms with Crippen LogP contribution in [0.25, 0.3) is 0 Å². The van der Waals surface area contributed by atoms with Crippen LogP contribution < -0.4 is 10.0 Å². The van der Waals surface area contributed by atoms with Crippen LogP contribution in [-0.4, -0.2) is 53.9 Å². The van der Waals surface area contributed by atoms with E-state index in [1.54, 1.807) is 0 Å². The highest BCUT2D eigenvalue weighted by Crippen LogP contribution is 2.19. The van der Waals surface area contributed by atoms with Gasteiger partial charge in [-0.15, -0.1) is 12.4 Å². The zero-order chi connectivity index (χ0) is 17.3. The summed E-state index contributed by atoms with van der Waals surface area (Å²) in [6.07, 6.45) is 1.65. The molecular formula is C14H24ClN3O4S2. The van der Waals surface area contributed by atoms with E-state index in [-0.39, 0.29) is 34.3 Å². The summed E-state index contributed by atoms with van der Waals surface area (Å²) in [6, 6.07) is 5.25. The maximum absolute atomic E-state index is 12.5.